The Morgan fingerprint density at radius 3 is 2.38 bits per heavy atom. The summed E-state index contributed by atoms with van der Waals surface area (Å²) in [6.45, 7) is 6.88. The number of hydrogen-bond acceptors (Lipinski definition) is 2. The maximum Gasteiger partial charge on any atom is 0.326 e. The molecule has 2 N–H and O–H groups in total. The largest absolute Gasteiger partial charge is 0.480 e. The number of carboxylic acids is 1. The van der Waals surface area contributed by atoms with E-state index in [2.05, 4.69) is 19.2 Å². The summed E-state index contributed by atoms with van der Waals surface area (Å²) < 4.78 is 0. The fraction of sp³-hybridized carbons (Fsp3) is 0.875. The third-order valence-electron chi connectivity index (χ3n) is 4.03. The quantitative estimate of drug-likeness (QED) is 0.722. The predicted octanol–water partition coefficient (Wildman–Crippen LogP) is 3.24. The average molecular weight is 298 g/mol. The van der Waals surface area contributed by atoms with Gasteiger partial charge < -0.3 is 15.3 Å². The lowest BCUT2D eigenvalue weighted by atomic mass is 10.1. The van der Waals surface area contributed by atoms with Gasteiger partial charge in [0.1, 0.15) is 6.04 Å². The van der Waals surface area contributed by atoms with Crippen LogP contribution in [0.25, 0.3) is 0 Å². The van der Waals surface area contributed by atoms with Crippen LogP contribution < -0.4 is 5.32 Å². The molecule has 5 nitrogen and oxygen atoms in total. The molecule has 1 saturated carbocycles. The second kappa shape index (κ2) is 8.90. The van der Waals surface area contributed by atoms with Gasteiger partial charge in [-0.25, -0.2) is 9.59 Å². The van der Waals surface area contributed by atoms with E-state index in [1.165, 1.54) is 0 Å². The SMILES string of the molecule is CCCCC(NC(=O)N(CC(C)C)C1CCCC1)C(=O)O. The van der Waals surface area contributed by atoms with Crippen LogP contribution in [0, 0.1) is 5.92 Å². The number of rotatable bonds is 8. The number of urea groups is 1. The molecule has 0 radical (unpaired) electrons. The zero-order chi connectivity index (χ0) is 15.8. The first kappa shape index (κ1) is 17.8. The molecular weight excluding hydrogens is 268 g/mol. The summed E-state index contributed by atoms with van der Waals surface area (Å²) >= 11 is 0. The van der Waals surface area contributed by atoms with Crippen molar-refractivity contribution in [1.82, 2.24) is 10.2 Å². The van der Waals surface area contributed by atoms with E-state index in [0.717, 1.165) is 38.5 Å². The second-order valence-corrected chi connectivity index (χ2v) is 6.47. The molecule has 122 valence electrons. The predicted molar refractivity (Wildman–Crippen MR) is 83.3 cm³/mol. The van der Waals surface area contributed by atoms with E-state index in [1.807, 2.05) is 11.8 Å². The van der Waals surface area contributed by atoms with Crippen LogP contribution in [-0.2, 0) is 4.79 Å². The van der Waals surface area contributed by atoms with Crippen molar-refractivity contribution in [3.05, 3.63) is 0 Å². The topological polar surface area (TPSA) is 69.6 Å². The number of unbranched alkanes of at least 4 members (excludes halogenated alkanes) is 1. The molecule has 0 aromatic heterocycles. The number of aliphatic carboxylic acids is 1. The fourth-order valence-electron chi connectivity index (χ4n) is 2.90. The normalized spacial score (nSPS) is 17.0. The summed E-state index contributed by atoms with van der Waals surface area (Å²) in [7, 11) is 0. The number of carbonyl (C=O) groups excluding carboxylic acids is 1. The van der Waals surface area contributed by atoms with Crippen LogP contribution in [0.15, 0.2) is 0 Å². The van der Waals surface area contributed by atoms with Crippen LogP contribution >= 0.6 is 0 Å². The first-order valence-electron chi connectivity index (χ1n) is 8.25. The van der Waals surface area contributed by atoms with Crippen LogP contribution in [0.4, 0.5) is 4.79 Å². The summed E-state index contributed by atoms with van der Waals surface area (Å²) in [5.41, 5.74) is 0. The molecule has 2 amide bonds. The molecular formula is C16H30N2O3. The van der Waals surface area contributed by atoms with E-state index in [4.69, 9.17) is 0 Å². The van der Waals surface area contributed by atoms with Gasteiger partial charge in [-0.1, -0.05) is 46.5 Å². The summed E-state index contributed by atoms with van der Waals surface area (Å²) in [4.78, 5) is 25.6. The Morgan fingerprint density at radius 1 is 1.29 bits per heavy atom. The minimum absolute atomic E-state index is 0.209. The standard InChI is InChI=1S/C16H30N2O3/c1-4-5-10-14(15(19)20)17-16(21)18(11-12(2)3)13-8-6-7-9-13/h12-14H,4-11H2,1-3H3,(H,17,21)(H,19,20). The average Bonchev–Trinajstić information content (AvgIpc) is 2.93. The molecule has 5 heteroatoms. The van der Waals surface area contributed by atoms with Crippen molar-refractivity contribution in [1.29, 1.82) is 0 Å². The van der Waals surface area contributed by atoms with E-state index in [1.54, 1.807) is 0 Å². The van der Waals surface area contributed by atoms with Gasteiger partial charge in [-0.2, -0.15) is 0 Å². The van der Waals surface area contributed by atoms with Gasteiger partial charge in [-0.05, 0) is 25.2 Å². The van der Waals surface area contributed by atoms with E-state index in [0.29, 0.717) is 18.9 Å². The van der Waals surface area contributed by atoms with Gasteiger partial charge in [0.15, 0.2) is 0 Å². The molecule has 1 aliphatic rings. The molecule has 0 aromatic carbocycles. The molecule has 0 aromatic rings. The maximum atomic E-state index is 12.5. The van der Waals surface area contributed by atoms with Crippen LogP contribution in [0.1, 0.15) is 65.7 Å². The van der Waals surface area contributed by atoms with Crippen molar-refractivity contribution in [2.75, 3.05) is 6.54 Å². The van der Waals surface area contributed by atoms with Gasteiger partial charge >= 0.3 is 12.0 Å². The first-order valence-corrected chi connectivity index (χ1v) is 8.25. The summed E-state index contributed by atoms with van der Waals surface area (Å²) in [6, 6.07) is -0.708. The van der Waals surface area contributed by atoms with E-state index in [-0.39, 0.29) is 12.1 Å². The molecule has 1 atom stereocenters. The number of nitrogens with one attached hydrogen (secondary N) is 1. The molecule has 21 heavy (non-hydrogen) atoms. The van der Waals surface area contributed by atoms with Gasteiger partial charge in [0.05, 0.1) is 0 Å². The van der Waals surface area contributed by atoms with Crippen molar-refractivity contribution in [2.24, 2.45) is 5.92 Å². The Kier molecular flexibility index (Phi) is 7.54. The lowest BCUT2D eigenvalue weighted by Gasteiger charge is -2.31. The van der Waals surface area contributed by atoms with Crippen molar-refractivity contribution in [3.8, 4) is 0 Å². The van der Waals surface area contributed by atoms with E-state index < -0.39 is 12.0 Å². The van der Waals surface area contributed by atoms with Crippen LogP contribution in [0.3, 0.4) is 0 Å². The van der Waals surface area contributed by atoms with Crippen molar-refractivity contribution >= 4 is 12.0 Å². The third-order valence-corrected chi connectivity index (χ3v) is 4.03. The Bertz CT molecular complexity index is 338. The molecule has 1 unspecified atom stereocenters. The molecule has 0 aliphatic heterocycles. The van der Waals surface area contributed by atoms with Crippen molar-refractivity contribution in [2.45, 2.75) is 77.8 Å². The molecule has 1 fully saturated rings. The smallest absolute Gasteiger partial charge is 0.326 e. The number of nitrogens with zero attached hydrogens (tertiary/aromatic N) is 1. The third kappa shape index (κ3) is 5.94. The molecule has 0 bridgehead atoms. The number of amides is 2. The lowest BCUT2D eigenvalue weighted by Crippen LogP contribution is -2.51. The van der Waals surface area contributed by atoms with E-state index in [9.17, 15) is 14.7 Å². The van der Waals surface area contributed by atoms with Gasteiger partial charge in [0.25, 0.3) is 0 Å². The monoisotopic (exact) mass is 298 g/mol. The van der Waals surface area contributed by atoms with Crippen LogP contribution in [0.2, 0.25) is 0 Å². The summed E-state index contributed by atoms with van der Waals surface area (Å²) in [6.07, 6.45) is 6.62. The molecule has 0 heterocycles. The molecule has 1 aliphatic carbocycles. The highest BCUT2D eigenvalue weighted by Crippen LogP contribution is 2.24. The van der Waals surface area contributed by atoms with Gasteiger partial charge in [-0.3, -0.25) is 0 Å². The van der Waals surface area contributed by atoms with Crippen molar-refractivity contribution < 1.29 is 14.7 Å². The van der Waals surface area contributed by atoms with Crippen LogP contribution in [0.5, 0.6) is 0 Å². The molecule has 1 rings (SSSR count). The number of hydrogen-bond donors (Lipinski definition) is 2. The van der Waals surface area contributed by atoms with Gasteiger partial charge in [-0.15, -0.1) is 0 Å². The lowest BCUT2D eigenvalue weighted by molar-refractivity contribution is -0.139. The fourth-order valence-corrected chi connectivity index (χ4v) is 2.90. The van der Waals surface area contributed by atoms with E-state index >= 15 is 0 Å². The summed E-state index contributed by atoms with van der Waals surface area (Å²) in [5, 5.41) is 12.0. The minimum Gasteiger partial charge on any atom is -0.480 e. The zero-order valence-electron chi connectivity index (χ0n) is 13.6. The molecule has 0 saturated heterocycles. The number of carboxylic acid groups (broad SMARTS) is 1. The summed E-state index contributed by atoms with van der Waals surface area (Å²) in [5.74, 6) is -0.553. The maximum absolute atomic E-state index is 12.5. The highest BCUT2D eigenvalue weighted by Gasteiger charge is 2.29. The second-order valence-electron chi connectivity index (χ2n) is 6.47. The Balaban J connectivity index is 2.66. The van der Waals surface area contributed by atoms with Gasteiger partial charge in [0.2, 0.25) is 0 Å². The zero-order valence-corrected chi connectivity index (χ0v) is 13.6. The molecule has 0 spiro atoms. The minimum atomic E-state index is -0.937. The Morgan fingerprint density at radius 2 is 1.90 bits per heavy atom. The van der Waals surface area contributed by atoms with Crippen LogP contribution in [-0.4, -0.2) is 40.6 Å². The Labute approximate surface area is 128 Å². The number of carbonyl (C=O) groups is 2. The first-order chi connectivity index (χ1) is 9.95. The Hall–Kier alpha value is -1.26. The highest BCUT2D eigenvalue weighted by molar-refractivity contribution is 5.82. The van der Waals surface area contributed by atoms with Gasteiger partial charge in [0, 0.05) is 12.6 Å². The highest BCUT2D eigenvalue weighted by atomic mass is 16.4. The van der Waals surface area contributed by atoms with Crippen molar-refractivity contribution in [3.63, 3.8) is 0 Å².